The third-order valence-electron chi connectivity index (χ3n) is 6.48. The van der Waals surface area contributed by atoms with Gasteiger partial charge in [-0.05, 0) is 106 Å². The Bertz CT molecular complexity index is 580. The molecule has 0 N–H and O–H groups in total. The van der Waals surface area contributed by atoms with Crippen LogP contribution in [0.3, 0.4) is 0 Å². The minimum atomic E-state index is -0.108. The molecule has 2 aliphatic rings. The number of rotatable bonds is 3. The number of benzene rings is 1. The molecule has 2 aliphatic carbocycles. The smallest absolute Gasteiger partial charge is 0.318 e. The highest BCUT2D eigenvalue weighted by molar-refractivity contribution is 5.86. The molecule has 0 heterocycles. The van der Waals surface area contributed by atoms with E-state index in [-0.39, 0.29) is 5.97 Å². The number of hydrogen-bond donors (Lipinski definition) is 0. The molecule has 2 fully saturated rings. The molecule has 3 rings (SSSR count). The molecule has 0 amide bonds. The fraction of sp³-hybridized carbons (Fsp3) is 0.609. The third-order valence-corrected chi connectivity index (χ3v) is 6.48. The van der Waals surface area contributed by atoms with Crippen LogP contribution in [0.15, 0.2) is 12.1 Å². The maximum absolute atomic E-state index is 12.5. The van der Waals surface area contributed by atoms with Crippen molar-refractivity contribution in [1.29, 1.82) is 0 Å². The van der Waals surface area contributed by atoms with Gasteiger partial charge in [-0.1, -0.05) is 19.8 Å². The zero-order chi connectivity index (χ0) is 18.0. The van der Waals surface area contributed by atoms with Gasteiger partial charge in [0.2, 0.25) is 0 Å². The van der Waals surface area contributed by atoms with Crippen molar-refractivity contribution in [2.45, 2.75) is 79.1 Å². The number of hydrogen-bond acceptors (Lipinski definition) is 2. The summed E-state index contributed by atoms with van der Waals surface area (Å²) in [5.41, 5.74) is 3.63. The van der Waals surface area contributed by atoms with Gasteiger partial charge in [-0.25, -0.2) is 0 Å². The highest BCUT2D eigenvalue weighted by atomic mass is 16.5. The second-order valence-corrected chi connectivity index (χ2v) is 8.29. The summed E-state index contributed by atoms with van der Waals surface area (Å²) in [6.07, 6.45) is 9.44. The van der Waals surface area contributed by atoms with Crippen LogP contribution in [0.5, 0.6) is 5.75 Å². The highest BCUT2D eigenvalue weighted by Gasteiger charge is 2.33. The maximum Gasteiger partial charge on any atom is 0.318 e. The zero-order valence-corrected chi connectivity index (χ0v) is 16.3. The lowest BCUT2D eigenvalue weighted by atomic mass is 9.69. The fourth-order valence-electron chi connectivity index (χ4n) is 4.35. The van der Waals surface area contributed by atoms with E-state index in [1.165, 1.54) is 42.4 Å². The predicted octanol–water partition coefficient (Wildman–Crippen LogP) is 6.07. The van der Waals surface area contributed by atoms with E-state index >= 15 is 0 Å². The molecule has 25 heavy (non-hydrogen) atoms. The van der Waals surface area contributed by atoms with Crippen LogP contribution >= 0.6 is 0 Å². The molecule has 2 nitrogen and oxygen atoms in total. The summed E-state index contributed by atoms with van der Waals surface area (Å²) in [6.45, 7) is 8.62. The van der Waals surface area contributed by atoms with E-state index in [4.69, 9.17) is 4.74 Å². The van der Waals surface area contributed by atoms with Crippen molar-refractivity contribution in [1.82, 2.24) is 0 Å². The van der Waals surface area contributed by atoms with E-state index in [0.717, 1.165) is 43.4 Å². The van der Waals surface area contributed by atoms with Crippen LogP contribution in [0.1, 0.15) is 75.0 Å². The molecule has 2 radical (unpaired) electrons. The predicted molar refractivity (Wildman–Crippen MR) is 102 cm³/mol. The number of ether oxygens (including phenoxy) is 1. The topological polar surface area (TPSA) is 26.3 Å². The summed E-state index contributed by atoms with van der Waals surface area (Å²) in [5, 5.41) is 0. The summed E-state index contributed by atoms with van der Waals surface area (Å²) in [7, 11) is 0. The molecular weight excluding hydrogens is 308 g/mol. The van der Waals surface area contributed by atoms with Crippen LogP contribution < -0.4 is 4.74 Å². The van der Waals surface area contributed by atoms with Crippen molar-refractivity contribution in [3.63, 3.8) is 0 Å². The number of carbonyl (C=O) groups is 1. The van der Waals surface area contributed by atoms with E-state index in [9.17, 15) is 4.79 Å². The average molecular weight is 341 g/mol. The van der Waals surface area contributed by atoms with E-state index in [1.54, 1.807) is 5.92 Å². The van der Waals surface area contributed by atoms with Crippen LogP contribution in [-0.2, 0) is 4.79 Å². The van der Waals surface area contributed by atoms with Crippen LogP contribution in [0, 0.1) is 44.4 Å². The lowest BCUT2D eigenvalue weighted by molar-refractivity contribution is -0.133. The maximum atomic E-state index is 12.5. The zero-order valence-electron chi connectivity index (χ0n) is 16.3. The Balaban J connectivity index is 1.52. The molecule has 0 aliphatic heterocycles. The van der Waals surface area contributed by atoms with E-state index in [2.05, 4.69) is 27.7 Å². The number of aryl methyl sites for hydroxylation is 2. The average Bonchev–Trinajstić information content (AvgIpc) is 2.60. The van der Waals surface area contributed by atoms with Gasteiger partial charge in [0.25, 0.3) is 0 Å². The van der Waals surface area contributed by atoms with Gasteiger partial charge in [-0.15, -0.1) is 0 Å². The van der Waals surface area contributed by atoms with Crippen molar-refractivity contribution in [2.75, 3.05) is 0 Å². The second-order valence-electron chi connectivity index (χ2n) is 8.29. The lowest BCUT2D eigenvalue weighted by Crippen LogP contribution is -2.28. The van der Waals surface area contributed by atoms with Crippen molar-refractivity contribution in [3.05, 3.63) is 40.7 Å². The summed E-state index contributed by atoms with van der Waals surface area (Å²) >= 11 is 0. The largest absolute Gasteiger partial charge is 0.426 e. The monoisotopic (exact) mass is 340 g/mol. The molecular formula is C23H32O2. The first-order valence-electron chi connectivity index (χ1n) is 9.93. The summed E-state index contributed by atoms with van der Waals surface area (Å²) in [5.74, 6) is 4.98. The molecule has 0 aromatic heterocycles. The van der Waals surface area contributed by atoms with Gasteiger partial charge in [0.05, 0.1) is 5.92 Å². The Kier molecular flexibility index (Phi) is 5.86. The molecule has 0 saturated heterocycles. The van der Waals surface area contributed by atoms with Crippen LogP contribution in [-0.4, -0.2) is 5.97 Å². The van der Waals surface area contributed by atoms with E-state index in [1.807, 2.05) is 12.1 Å². The molecule has 0 unspecified atom stereocenters. The van der Waals surface area contributed by atoms with Gasteiger partial charge in [-0.3, -0.25) is 4.79 Å². The van der Waals surface area contributed by atoms with Gasteiger partial charge in [0.15, 0.2) is 0 Å². The summed E-state index contributed by atoms with van der Waals surface area (Å²) in [4.78, 5) is 12.5. The van der Waals surface area contributed by atoms with E-state index < -0.39 is 0 Å². The van der Waals surface area contributed by atoms with Crippen LogP contribution in [0.4, 0.5) is 0 Å². The Labute approximate surface area is 153 Å². The van der Waals surface area contributed by atoms with E-state index in [0.29, 0.717) is 5.75 Å². The molecule has 0 spiro atoms. The SMILES string of the molecule is Cc1cc(OC(=O)[C]2CCC([C]3CCC(C)CC3)CC2)cc(C)c1C. The molecule has 1 aromatic rings. The molecule has 2 heteroatoms. The quantitative estimate of drug-likeness (QED) is 0.493. The summed E-state index contributed by atoms with van der Waals surface area (Å²) in [6, 6.07) is 3.96. The molecule has 2 saturated carbocycles. The normalized spacial score (nSPS) is 21.4. The fourth-order valence-corrected chi connectivity index (χ4v) is 4.35. The molecule has 1 aromatic carbocycles. The Morgan fingerprint density at radius 2 is 1.48 bits per heavy atom. The standard InChI is InChI=1S/C23H32O2/c1-15-5-7-19(8-6-15)20-9-11-21(12-10-20)23(24)25-22-13-16(2)18(4)17(3)14-22/h13-15,20H,5-12H2,1-4H3. The van der Waals surface area contributed by atoms with Gasteiger partial charge in [0.1, 0.15) is 5.75 Å². The van der Waals surface area contributed by atoms with Crippen molar-refractivity contribution < 1.29 is 9.53 Å². The molecule has 136 valence electrons. The van der Waals surface area contributed by atoms with Gasteiger partial charge >= 0.3 is 5.97 Å². The van der Waals surface area contributed by atoms with Crippen molar-refractivity contribution in [3.8, 4) is 5.75 Å². The first-order valence-corrected chi connectivity index (χ1v) is 9.93. The van der Waals surface area contributed by atoms with Crippen molar-refractivity contribution >= 4 is 5.97 Å². The number of carbonyl (C=O) groups excluding carboxylic acids is 1. The third kappa shape index (κ3) is 4.46. The first kappa shape index (κ1) is 18.5. The van der Waals surface area contributed by atoms with Gasteiger partial charge in [-0.2, -0.15) is 0 Å². The Morgan fingerprint density at radius 3 is 2.04 bits per heavy atom. The Hall–Kier alpha value is -1.31. The molecule has 0 atom stereocenters. The highest BCUT2D eigenvalue weighted by Crippen LogP contribution is 2.43. The van der Waals surface area contributed by atoms with Gasteiger partial charge in [0, 0.05) is 0 Å². The van der Waals surface area contributed by atoms with Crippen LogP contribution in [0.2, 0.25) is 0 Å². The Morgan fingerprint density at radius 1 is 0.920 bits per heavy atom. The van der Waals surface area contributed by atoms with Crippen molar-refractivity contribution in [2.24, 2.45) is 11.8 Å². The second kappa shape index (κ2) is 7.93. The first-order chi connectivity index (χ1) is 11.9. The molecule has 0 bridgehead atoms. The number of esters is 1. The lowest BCUT2D eigenvalue weighted by Gasteiger charge is -2.36. The minimum absolute atomic E-state index is 0.108. The van der Waals surface area contributed by atoms with Gasteiger partial charge < -0.3 is 4.74 Å². The summed E-state index contributed by atoms with van der Waals surface area (Å²) < 4.78 is 5.68. The van der Waals surface area contributed by atoms with Crippen LogP contribution in [0.25, 0.3) is 0 Å². The minimum Gasteiger partial charge on any atom is -0.426 e.